The summed E-state index contributed by atoms with van der Waals surface area (Å²) in [5, 5.41) is 0. The van der Waals surface area contributed by atoms with Crippen molar-refractivity contribution < 1.29 is 8.42 Å². The first kappa shape index (κ1) is 15.5. The van der Waals surface area contributed by atoms with Gasteiger partial charge in [-0.15, -0.1) is 0 Å². The maximum atomic E-state index is 12.1. The van der Waals surface area contributed by atoms with Gasteiger partial charge in [-0.05, 0) is 46.0 Å². The molecule has 2 unspecified atom stereocenters. The summed E-state index contributed by atoms with van der Waals surface area (Å²) in [4.78, 5) is 0.514. The standard InChI is InChI=1S/C13H25BrO2S/c1-13(2,3)17(15,16)10-9-11-7-5-4-6-8-12(11)14/h11-12H,4-10H2,1-3H3. The van der Waals surface area contributed by atoms with Crippen LogP contribution < -0.4 is 0 Å². The van der Waals surface area contributed by atoms with Crippen molar-refractivity contribution in [3.05, 3.63) is 0 Å². The maximum Gasteiger partial charge on any atom is 0.155 e. The second-order valence-corrected chi connectivity index (χ2v) is 10.2. The summed E-state index contributed by atoms with van der Waals surface area (Å²) in [6.07, 6.45) is 7.01. The second kappa shape index (κ2) is 6.05. The van der Waals surface area contributed by atoms with Crippen LogP contribution in [0.1, 0.15) is 59.3 Å². The first-order chi connectivity index (χ1) is 7.74. The van der Waals surface area contributed by atoms with Crippen molar-refractivity contribution >= 4 is 25.8 Å². The van der Waals surface area contributed by atoms with E-state index in [0.29, 0.717) is 16.5 Å². The van der Waals surface area contributed by atoms with Crippen molar-refractivity contribution in [2.24, 2.45) is 5.92 Å². The van der Waals surface area contributed by atoms with E-state index in [0.717, 1.165) is 6.42 Å². The van der Waals surface area contributed by atoms with E-state index >= 15 is 0 Å². The Morgan fingerprint density at radius 1 is 1.12 bits per heavy atom. The monoisotopic (exact) mass is 324 g/mol. The van der Waals surface area contributed by atoms with E-state index in [-0.39, 0.29) is 0 Å². The highest BCUT2D eigenvalue weighted by Gasteiger charge is 2.30. The predicted octanol–water partition coefficient (Wildman–Crippen LogP) is 3.93. The average Bonchev–Trinajstić information content (AvgIpc) is 2.38. The van der Waals surface area contributed by atoms with Gasteiger partial charge in [0, 0.05) is 4.83 Å². The van der Waals surface area contributed by atoms with Gasteiger partial charge in [0.25, 0.3) is 0 Å². The Kier molecular flexibility index (Phi) is 5.51. The third-order valence-electron chi connectivity index (χ3n) is 3.76. The minimum Gasteiger partial charge on any atom is -0.228 e. The first-order valence-electron chi connectivity index (χ1n) is 6.60. The summed E-state index contributed by atoms with van der Waals surface area (Å²) in [6, 6.07) is 0. The maximum absolute atomic E-state index is 12.1. The molecule has 0 saturated heterocycles. The van der Waals surface area contributed by atoms with E-state index in [1.807, 2.05) is 0 Å². The van der Waals surface area contributed by atoms with Gasteiger partial charge in [0.2, 0.25) is 0 Å². The summed E-state index contributed by atoms with van der Waals surface area (Å²) >= 11 is 3.73. The molecule has 0 aromatic carbocycles. The van der Waals surface area contributed by atoms with Crippen LogP contribution in [0.15, 0.2) is 0 Å². The Labute approximate surface area is 115 Å². The third-order valence-corrected chi connectivity index (χ3v) is 7.60. The molecule has 2 atom stereocenters. The van der Waals surface area contributed by atoms with Crippen molar-refractivity contribution in [3.8, 4) is 0 Å². The summed E-state index contributed by atoms with van der Waals surface area (Å²) in [6.45, 7) is 5.38. The topological polar surface area (TPSA) is 34.1 Å². The zero-order chi connectivity index (χ0) is 13.1. The average molecular weight is 325 g/mol. The molecule has 102 valence electrons. The van der Waals surface area contributed by atoms with E-state index in [4.69, 9.17) is 0 Å². The SMILES string of the molecule is CC(C)(C)S(=O)(=O)CCC1CCCCCC1Br. The van der Waals surface area contributed by atoms with Crippen LogP contribution in [0.2, 0.25) is 0 Å². The van der Waals surface area contributed by atoms with Gasteiger partial charge in [-0.25, -0.2) is 8.42 Å². The van der Waals surface area contributed by atoms with Gasteiger partial charge in [-0.1, -0.05) is 35.2 Å². The quantitative estimate of drug-likeness (QED) is 0.582. The van der Waals surface area contributed by atoms with Crippen molar-refractivity contribution in [2.45, 2.75) is 68.9 Å². The Bertz CT molecular complexity index is 330. The van der Waals surface area contributed by atoms with Gasteiger partial charge < -0.3 is 0 Å². The summed E-state index contributed by atoms with van der Waals surface area (Å²) in [5.74, 6) is 0.873. The molecule has 1 aliphatic rings. The van der Waals surface area contributed by atoms with Crippen LogP contribution >= 0.6 is 15.9 Å². The van der Waals surface area contributed by atoms with Gasteiger partial charge in [0.15, 0.2) is 9.84 Å². The van der Waals surface area contributed by atoms with Crippen LogP contribution in [0, 0.1) is 5.92 Å². The molecule has 17 heavy (non-hydrogen) atoms. The number of sulfone groups is 1. The van der Waals surface area contributed by atoms with Crippen molar-refractivity contribution in [2.75, 3.05) is 5.75 Å². The second-order valence-electron chi connectivity index (χ2n) is 6.13. The van der Waals surface area contributed by atoms with E-state index in [2.05, 4.69) is 15.9 Å². The molecule has 1 rings (SSSR count). The molecule has 0 aromatic heterocycles. The molecule has 1 aliphatic carbocycles. The molecule has 4 heteroatoms. The van der Waals surface area contributed by atoms with Gasteiger partial charge in [0.1, 0.15) is 0 Å². The molecule has 0 heterocycles. The Balaban J connectivity index is 2.55. The van der Waals surface area contributed by atoms with E-state index < -0.39 is 14.6 Å². The highest BCUT2D eigenvalue weighted by atomic mass is 79.9. The fourth-order valence-electron chi connectivity index (χ4n) is 2.28. The number of alkyl halides is 1. The Morgan fingerprint density at radius 3 is 2.29 bits per heavy atom. The summed E-state index contributed by atoms with van der Waals surface area (Å²) < 4.78 is 23.5. The molecule has 0 N–H and O–H groups in total. The highest BCUT2D eigenvalue weighted by Crippen LogP contribution is 2.32. The van der Waals surface area contributed by atoms with Crippen LogP contribution in [0.5, 0.6) is 0 Å². The third kappa shape index (κ3) is 4.55. The molecule has 0 aromatic rings. The summed E-state index contributed by atoms with van der Waals surface area (Å²) in [7, 11) is -2.95. The fourth-order valence-corrected chi connectivity index (χ4v) is 4.35. The van der Waals surface area contributed by atoms with Crippen LogP contribution in [0.25, 0.3) is 0 Å². The fraction of sp³-hybridized carbons (Fsp3) is 1.00. The normalized spacial score (nSPS) is 27.8. The smallest absolute Gasteiger partial charge is 0.155 e. The minimum absolute atomic E-state index is 0.337. The molecular weight excluding hydrogens is 300 g/mol. The molecule has 0 spiro atoms. The molecule has 0 amide bonds. The zero-order valence-corrected chi connectivity index (χ0v) is 13.6. The molecule has 0 bridgehead atoms. The molecular formula is C13H25BrO2S. The highest BCUT2D eigenvalue weighted by molar-refractivity contribution is 9.09. The zero-order valence-electron chi connectivity index (χ0n) is 11.2. The predicted molar refractivity (Wildman–Crippen MR) is 77.4 cm³/mol. The van der Waals surface area contributed by atoms with E-state index in [1.165, 1.54) is 32.1 Å². The van der Waals surface area contributed by atoms with Crippen molar-refractivity contribution in [1.29, 1.82) is 0 Å². The number of rotatable bonds is 3. The van der Waals surface area contributed by atoms with E-state index in [1.54, 1.807) is 20.8 Å². The van der Waals surface area contributed by atoms with Crippen molar-refractivity contribution in [1.82, 2.24) is 0 Å². The van der Waals surface area contributed by atoms with Crippen molar-refractivity contribution in [3.63, 3.8) is 0 Å². The molecule has 2 nitrogen and oxygen atoms in total. The molecule has 1 saturated carbocycles. The lowest BCUT2D eigenvalue weighted by molar-refractivity contribution is 0.458. The number of halogens is 1. The lowest BCUT2D eigenvalue weighted by Gasteiger charge is -2.23. The van der Waals surface area contributed by atoms with Crippen LogP contribution in [-0.4, -0.2) is 23.7 Å². The molecule has 0 radical (unpaired) electrons. The largest absolute Gasteiger partial charge is 0.228 e. The Hall–Kier alpha value is 0.430. The summed E-state index contributed by atoms with van der Waals surface area (Å²) in [5.41, 5.74) is 0. The van der Waals surface area contributed by atoms with Gasteiger partial charge in [0.05, 0.1) is 10.5 Å². The number of hydrogen-bond acceptors (Lipinski definition) is 2. The van der Waals surface area contributed by atoms with Crippen LogP contribution in [0.4, 0.5) is 0 Å². The lowest BCUT2D eigenvalue weighted by Crippen LogP contribution is -2.31. The van der Waals surface area contributed by atoms with Crippen LogP contribution in [-0.2, 0) is 9.84 Å². The Morgan fingerprint density at radius 2 is 1.71 bits per heavy atom. The first-order valence-corrected chi connectivity index (χ1v) is 9.17. The van der Waals surface area contributed by atoms with Gasteiger partial charge in [-0.2, -0.15) is 0 Å². The van der Waals surface area contributed by atoms with Gasteiger partial charge >= 0.3 is 0 Å². The molecule has 1 fully saturated rings. The van der Waals surface area contributed by atoms with E-state index in [9.17, 15) is 8.42 Å². The van der Waals surface area contributed by atoms with Crippen LogP contribution in [0.3, 0.4) is 0 Å². The van der Waals surface area contributed by atoms with Gasteiger partial charge in [-0.3, -0.25) is 0 Å². The molecule has 0 aliphatic heterocycles. The minimum atomic E-state index is -2.95. The number of hydrogen-bond donors (Lipinski definition) is 0. The lowest BCUT2D eigenvalue weighted by atomic mass is 9.98.